The van der Waals surface area contributed by atoms with Crippen molar-refractivity contribution in [3.8, 4) is 5.75 Å². The van der Waals surface area contributed by atoms with Crippen LogP contribution in [0.25, 0.3) is 5.57 Å². The molecular formula is C22H30N2O4. The average molecular weight is 386 g/mol. The third-order valence-electron chi connectivity index (χ3n) is 5.15. The van der Waals surface area contributed by atoms with E-state index in [9.17, 15) is 9.59 Å². The van der Waals surface area contributed by atoms with Crippen LogP contribution in [0.4, 0.5) is 0 Å². The fraction of sp³-hybridized carbons (Fsp3) is 0.545. The molecular weight excluding hydrogens is 356 g/mol. The molecule has 1 fully saturated rings. The molecule has 0 aliphatic carbocycles. The molecule has 1 unspecified atom stereocenters. The quantitative estimate of drug-likeness (QED) is 0.675. The normalized spacial score (nSPS) is 20.5. The topological polar surface area (TPSA) is 59.1 Å². The molecule has 2 amide bonds. The third kappa shape index (κ3) is 4.22. The molecule has 3 rings (SSSR count). The van der Waals surface area contributed by atoms with E-state index in [1.807, 2.05) is 38.1 Å². The predicted molar refractivity (Wildman–Crippen MR) is 108 cm³/mol. The first-order valence-electron chi connectivity index (χ1n) is 10.0. The molecule has 0 spiro atoms. The van der Waals surface area contributed by atoms with Crippen molar-refractivity contribution in [1.82, 2.24) is 9.80 Å². The van der Waals surface area contributed by atoms with Crippen LogP contribution in [0, 0.1) is 5.92 Å². The molecule has 6 heteroatoms. The maximum Gasteiger partial charge on any atom is 0.277 e. The van der Waals surface area contributed by atoms with Crippen molar-refractivity contribution < 1.29 is 19.1 Å². The Morgan fingerprint density at radius 3 is 2.46 bits per heavy atom. The largest absolute Gasteiger partial charge is 0.491 e. The van der Waals surface area contributed by atoms with Crippen molar-refractivity contribution in [1.29, 1.82) is 0 Å². The van der Waals surface area contributed by atoms with Gasteiger partial charge in [0.15, 0.2) is 0 Å². The van der Waals surface area contributed by atoms with E-state index in [0.29, 0.717) is 23.8 Å². The summed E-state index contributed by atoms with van der Waals surface area (Å²) >= 11 is 0. The highest BCUT2D eigenvalue weighted by Gasteiger charge is 2.41. The molecule has 1 aromatic rings. The smallest absolute Gasteiger partial charge is 0.277 e. The highest BCUT2D eigenvalue weighted by Crippen LogP contribution is 2.34. The second kappa shape index (κ2) is 8.78. The molecule has 28 heavy (non-hydrogen) atoms. The number of amides is 2. The van der Waals surface area contributed by atoms with E-state index in [1.54, 1.807) is 7.11 Å². The van der Waals surface area contributed by atoms with E-state index in [4.69, 9.17) is 9.47 Å². The van der Waals surface area contributed by atoms with Crippen LogP contribution < -0.4 is 4.74 Å². The highest BCUT2D eigenvalue weighted by molar-refractivity contribution is 6.35. The van der Waals surface area contributed by atoms with Gasteiger partial charge in [-0.1, -0.05) is 19.1 Å². The Labute approximate surface area is 167 Å². The number of carbonyl (C=O) groups is 2. The van der Waals surface area contributed by atoms with Crippen molar-refractivity contribution in [2.75, 3.05) is 33.4 Å². The van der Waals surface area contributed by atoms with Crippen LogP contribution in [0.3, 0.4) is 0 Å². The fourth-order valence-electron chi connectivity index (χ4n) is 3.87. The van der Waals surface area contributed by atoms with E-state index in [2.05, 4.69) is 11.8 Å². The molecule has 2 aliphatic heterocycles. The van der Waals surface area contributed by atoms with Gasteiger partial charge in [-0.15, -0.1) is 0 Å². The number of piperidine rings is 1. The van der Waals surface area contributed by atoms with E-state index >= 15 is 0 Å². The molecule has 0 bridgehead atoms. The van der Waals surface area contributed by atoms with Crippen LogP contribution in [0.1, 0.15) is 39.2 Å². The van der Waals surface area contributed by atoms with Gasteiger partial charge in [-0.05, 0) is 50.3 Å². The summed E-state index contributed by atoms with van der Waals surface area (Å²) in [5, 5.41) is 0. The van der Waals surface area contributed by atoms with Gasteiger partial charge in [0.1, 0.15) is 11.4 Å². The maximum atomic E-state index is 13.2. The highest BCUT2D eigenvalue weighted by atomic mass is 16.5. The first-order chi connectivity index (χ1) is 13.4. The number of carbonyl (C=O) groups excluding carboxylic acids is 2. The predicted octanol–water partition coefficient (Wildman–Crippen LogP) is 2.93. The maximum absolute atomic E-state index is 13.2. The lowest BCUT2D eigenvalue weighted by atomic mass is 9.97. The first kappa shape index (κ1) is 20.4. The second-order valence-corrected chi connectivity index (χ2v) is 7.86. The Morgan fingerprint density at radius 1 is 1.14 bits per heavy atom. The van der Waals surface area contributed by atoms with Crippen LogP contribution in [0.2, 0.25) is 0 Å². The van der Waals surface area contributed by atoms with Gasteiger partial charge in [0.25, 0.3) is 11.8 Å². The minimum atomic E-state index is -0.243. The van der Waals surface area contributed by atoms with E-state index in [-0.39, 0.29) is 24.5 Å². The summed E-state index contributed by atoms with van der Waals surface area (Å²) < 4.78 is 10.8. The van der Waals surface area contributed by atoms with Gasteiger partial charge in [-0.2, -0.15) is 0 Å². The lowest BCUT2D eigenvalue weighted by Gasteiger charge is -2.33. The molecule has 0 N–H and O–H groups in total. The number of hydrogen-bond donors (Lipinski definition) is 0. The number of benzene rings is 1. The van der Waals surface area contributed by atoms with Gasteiger partial charge in [0.05, 0.1) is 24.8 Å². The summed E-state index contributed by atoms with van der Waals surface area (Å²) in [4.78, 5) is 29.7. The summed E-state index contributed by atoms with van der Waals surface area (Å²) in [5.41, 5.74) is 1.78. The molecule has 0 aromatic heterocycles. The molecule has 0 saturated carbocycles. The van der Waals surface area contributed by atoms with Crippen LogP contribution in [0.15, 0.2) is 30.0 Å². The lowest BCUT2D eigenvalue weighted by Crippen LogP contribution is -2.40. The SMILES string of the molecule is COCCN1C(=O)C(c2ccc(OC(C)C)cc2)=C(N2CCCC(C)C2)C1=O. The van der Waals surface area contributed by atoms with Crippen molar-refractivity contribution in [3.05, 3.63) is 35.5 Å². The van der Waals surface area contributed by atoms with E-state index in [0.717, 1.165) is 37.2 Å². The van der Waals surface area contributed by atoms with Gasteiger partial charge in [-0.25, -0.2) is 0 Å². The monoisotopic (exact) mass is 386 g/mol. The second-order valence-electron chi connectivity index (χ2n) is 7.86. The van der Waals surface area contributed by atoms with Crippen molar-refractivity contribution in [3.63, 3.8) is 0 Å². The lowest BCUT2D eigenvalue weighted by molar-refractivity contribution is -0.138. The summed E-state index contributed by atoms with van der Waals surface area (Å²) in [7, 11) is 1.57. The zero-order chi connectivity index (χ0) is 20.3. The molecule has 1 saturated heterocycles. The Balaban J connectivity index is 1.97. The number of hydrogen-bond acceptors (Lipinski definition) is 5. The van der Waals surface area contributed by atoms with Crippen LogP contribution in [-0.2, 0) is 14.3 Å². The van der Waals surface area contributed by atoms with Crippen LogP contribution in [0.5, 0.6) is 5.75 Å². The van der Waals surface area contributed by atoms with Crippen LogP contribution >= 0.6 is 0 Å². The molecule has 2 heterocycles. The Kier molecular flexibility index (Phi) is 6.39. The fourth-order valence-corrected chi connectivity index (χ4v) is 3.87. The van der Waals surface area contributed by atoms with Gasteiger partial charge < -0.3 is 14.4 Å². The third-order valence-corrected chi connectivity index (χ3v) is 5.15. The summed E-state index contributed by atoms with van der Waals surface area (Å²) in [6, 6.07) is 7.44. The number of imide groups is 1. The average Bonchev–Trinajstić information content (AvgIpc) is 2.90. The molecule has 0 radical (unpaired) electrons. The van der Waals surface area contributed by atoms with Crippen LogP contribution in [-0.4, -0.2) is 61.1 Å². The van der Waals surface area contributed by atoms with Gasteiger partial charge >= 0.3 is 0 Å². The minimum absolute atomic E-state index is 0.0784. The van der Waals surface area contributed by atoms with Crippen molar-refractivity contribution in [2.45, 2.75) is 39.7 Å². The molecule has 6 nitrogen and oxygen atoms in total. The minimum Gasteiger partial charge on any atom is -0.491 e. The van der Waals surface area contributed by atoms with Gasteiger partial charge in [0.2, 0.25) is 0 Å². The van der Waals surface area contributed by atoms with Crippen molar-refractivity contribution >= 4 is 17.4 Å². The zero-order valence-electron chi connectivity index (χ0n) is 17.2. The number of rotatable bonds is 7. The molecule has 1 atom stereocenters. The number of ether oxygens (including phenoxy) is 2. The summed E-state index contributed by atoms with van der Waals surface area (Å²) in [6.07, 6.45) is 2.25. The number of methoxy groups -OCH3 is 1. The zero-order valence-corrected chi connectivity index (χ0v) is 17.2. The summed E-state index contributed by atoms with van der Waals surface area (Å²) in [5.74, 6) is 0.794. The molecule has 2 aliphatic rings. The van der Waals surface area contributed by atoms with Crippen molar-refractivity contribution in [2.24, 2.45) is 5.92 Å². The Bertz CT molecular complexity index is 754. The first-order valence-corrected chi connectivity index (χ1v) is 10.0. The molecule has 1 aromatic carbocycles. The number of nitrogens with zero attached hydrogens (tertiary/aromatic N) is 2. The van der Waals surface area contributed by atoms with Gasteiger partial charge in [0, 0.05) is 20.2 Å². The summed E-state index contributed by atoms with van der Waals surface area (Å²) in [6.45, 7) is 8.32. The van der Waals surface area contributed by atoms with E-state index < -0.39 is 0 Å². The number of likely N-dealkylation sites (tertiary alicyclic amines) is 1. The van der Waals surface area contributed by atoms with E-state index in [1.165, 1.54) is 4.90 Å². The Hall–Kier alpha value is -2.34. The standard InChI is InChI=1S/C22H30N2O4/c1-15(2)28-18-9-7-17(8-10-18)19-20(23-11-5-6-16(3)14-23)22(26)24(21(19)25)12-13-27-4/h7-10,15-16H,5-6,11-14H2,1-4H3. The Morgan fingerprint density at radius 2 is 1.86 bits per heavy atom. The van der Waals surface area contributed by atoms with Gasteiger partial charge in [-0.3, -0.25) is 14.5 Å². The molecule has 152 valence electrons.